The van der Waals surface area contributed by atoms with Gasteiger partial charge in [0.25, 0.3) is 80.9 Å². The highest BCUT2D eigenvalue weighted by Crippen LogP contribution is 2.44. The second-order valence-electron chi connectivity index (χ2n) is 10.4. The van der Waals surface area contributed by atoms with E-state index >= 15 is 0 Å². The van der Waals surface area contributed by atoms with E-state index in [1.54, 1.807) is 0 Å². The van der Waals surface area contributed by atoms with E-state index < -0.39 is 148 Å². The van der Waals surface area contributed by atoms with Crippen LogP contribution in [0.2, 0.25) is 0 Å². The Balaban J connectivity index is 2.32. The summed E-state index contributed by atoms with van der Waals surface area (Å²) in [4.78, 5) is -18.3. The smallest absolute Gasteiger partial charge is 0.282 e. The molecule has 54 heavy (non-hydrogen) atoms. The summed E-state index contributed by atoms with van der Waals surface area (Å²) in [5.41, 5.74) is -4.34. The maximum absolute atomic E-state index is 12.5. The fraction of sp³-hybridized carbons (Fsp3) is 0. The molecule has 296 valence electrons. The number of hydrogen-bond donors (Lipinski definition) is 8. The molecule has 0 amide bonds. The molecule has 32 heteroatoms. The lowest BCUT2D eigenvalue weighted by Crippen LogP contribution is -2.19. The minimum Gasteiger partial charge on any atom is -0.282 e. The summed E-state index contributed by atoms with van der Waals surface area (Å²) in [6.07, 6.45) is 0. The zero-order valence-corrected chi connectivity index (χ0v) is 31.5. The first-order chi connectivity index (χ1) is 23.9. The average Bonchev–Trinajstić information content (AvgIpc) is 2.94. The molecule has 0 heterocycles. The standard InChI is InChI=1S/C22H16O24S8/c23-47(24,25)15-7-13(17(49(29,30)31)21(53(41,42)43)19(15)51(35,36)37)10-3-1-9-2-4-11(6-12(9)5-10)14-8-16(48(26,27)28)20(52(38,39)40)22(54(44,45)46)18(14)50(32,33)34/h1-8H,(H,23,24,25)(H,26,27,28)(H,29,30,31)(H,32,33,34)(H,35,36,37)(H,38,39,40)(H,41,42,43)(H,44,45,46). The third kappa shape index (κ3) is 8.32. The SMILES string of the molecule is O=S(=O)(O)c1cc(-c2ccc3ccc(-c4cc(S(=O)(=O)O)c(S(=O)(=O)O)c(S(=O)(=O)O)c4S(=O)(=O)O)cc3c2)c(S(=O)(=O)O)c(S(=O)(=O)O)c1S(=O)(=O)O. The molecule has 0 spiro atoms. The Labute approximate surface area is 303 Å². The molecule has 4 rings (SSSR count). The first kappa shape index (κ1) is 43.2. The van der Waals surface area contributed by atoms with Crippen LogP contribution in [-0.2, 0) is 80.9 Å². The second kappa shape index (κ2) is 13.0. The molecule has 0 bridgehead atoms. The summed E-state index contributed by atoms with van der Waals surface area (Å²) in [7, 11) is -49.4. The molecule has 0 saturated heterocycles. The lowest BCUT2D eigenvalue weighted by molar-refractivity contribution is 0.447. The Morgan fingerprint density at radius 3 is 0.759 bits per heavy atom. The number of fused-ring (bicyclic) bond motifs is 1. The highest BCUT2D eigenvalue weighted by molar-refractivity contribution is 7.92. The summed E-state index contributed by atoms with van der Waals surface area (Å²) in [6.45, 7) is 0. The minimum atomic E-state index is -6.33. The fourth-order valence-electron chi connectivity index (χ4n) is 5.06. The lowest BCUT2D eigenvalue weighted by atomic mass is 9.97. The molecule has 0 saturated carbocycles. The van der Waals surface area contributed by atoms with Gasteiger partial charge < -0.3 is 0 Å². The van der Waals surface area contributed by atoms with Crippen LogP contribution in [0.1, 0.15) is 0 Å². The fourth-order valence-corrected chi connectivity index (χ4v) is 14.6. The highest BCUT2D eigenvalue weighted by atomic mass is 32.3. The third-order valence-corrected chi connectivity index (χ3v) is 15.0. The quantitative estimate of drug-likeness (QED) is 0.0981. The van der Waals surface area contributed by atoms with E-state index in [1.165, 1.54) is 0 Å². The van der Waals surface area contributed by atoms with Gasteiger partial charge in [-0.3, -0.25) is 36.4 Å². The van der Waals surface area contributed by atoms with E-state index in [1.807, 2.05) is 0 Å². The topological polar surface area (TPSA) is 435 Å². The molecule has 0 unspecified atom stereocenters. The Bertz CT molecular complexity index is 3060. The zero-order chi connectivity index (χ0) is 41.7. The van der Waals surface area contributed by atoms with Crippen molar-refractivity contribution >= 4 is 91.7 Å². The van der Waals surface area contributed by atoms with Crippen LogP contribution in [0.15, 0.2) is 87.7 Å². The molecule has 0 atom stereocenters. The summed E-state index contributed by atoms with van der Waals surface area (Å²) >= 11 is 0. The Kier molecular flexibility index (Phi) is 10.4. The van der Waals surface area contributed by atoms with Crippen LogP contribution >= 0.6 is 0 Å². The van der Waals surface area contributed by atoms with Gasteiger partial charge in [-0.05, 0) is 46.2 Å². The number of rotatable bonds is 10. The maximum atomic E-state index is 12.5. The van der Waals surface area contributed by atoms with Gasteiger partial charge in [0.2, 0.25) is 0 Å². The summed E-state index contributed by atoms with van der Waals surface area (Å²) in [5.74, 6) is 0. The van der Waals surface area contributed by atoms with Gasteiger partial charge in [0, 0.05) is 11.1 Å². The van der Waals surface area contributed by atoms with Crippen molar-refractivity contribution in [2.24, 2.45) is 0 Å². The Hall–Kier alpha value is -3.58. The zero-order valence-electron chi connectivity index (χ0n) is 25.0. The van der Waals surface area contributed by atoms with Crippen LogP contribution in [0, 0.1) is 0 Å². The first-order valence-corrected chi connectivity index (χ1v) is 24.2. The maximum Gasteiger partial charge on any atom is 0.297 e. The molecule has 0 fully saturated rings. The van der Waals surface area contributed by atoms with Gasteiger partial charge in [0.15, 0.2) is 0 Å². The van der Waals surface area contributed by atoms with Gasteiger partial charge in [0.1, 0.15) is 39.2 Å². The van der Waals surface area contributed by atoms with E-state index in [2.05, 4.69) is 0 Å². The van der Waals surface area contributed by atoms with Crippen molar-refractivity contribution in [1.29, 1.82) is 0 Å². The van der Waals surface area contributed by atoms with Gasteiger partial charge in [0.05, 0.1) is 0 Å². The number of hydrogen-bond acceptors (Lipinski definition) is 16. The van der Waals surface area contributed by atoms with Crippen molar-refractivity contribution in [3.05, 3.63) is 48.5 Å². The van der Waals surface area contributed by atoms with Crippen molar-refractivity contribution in [3.63, 3.8) is 0 Å². The largest absolute Gasteiger partial charge is 0.297 e. The molecule has 0 radical (unpaired) electrons. The van der Waals surface area contributed by atoms with Crippen LogP contribution in [0.5, 0.6) is 0 Å². The molecule has 8 N–H and O–H groups in total. The summed E-state index contributed by atoms with van der Waals surface area (Å²) in [5, 5.41) is -0.516. The number of benzene rings is 4. The van der Waals surface area contributed by atoms with Gasteiger partial charge in [-0.25, -0.2) is 0 Å². The van der Waals surface area contributed by atoms with Gasteiger partial charge in [-0.1, -0.05) is 24.3 Å². The van der Waals surface area contributed by atoms with Crippen molar-refractivity contribution in [2.45, 2.75) is 39.2 Å². The summed E-state index contributed by atoms with van der Waals surface area (Å²) in [6, 6.07) is 4.62. The van der Waals surface area contributed by atoms with Crippen molar-refractivity contribution in [2.75, 3.05) is 0 Å². The minimum absolute atomic E-state index is 0.0802. The van der Waals surface area contributed by atoms with Crippen molar-refractivity contribution in [3.8, 4) is 22.3 Å². The Morgan fingerprint density at radius 1 is 0.278 bits per heavy atom. The van der Waals surface area contributed by atoms with Crippen LogP contribution in [-0.4, -0.2) is 104 Å². The van der Waals surface area contributed by atoms with Crippen LogP contribution < -0.4 is 0 Å². The third-order valence-electron chi connectivity index (χ3n) is 6.88. The van der Waals surface area contributed by atoms with E-state index in [4.69, 9.17) is 0 Å². The molecule has 24 nitrogen and oxygen atoms in total. The van der Waals surface area contributed by atoms with Crippen molar-refractivity contribution in [1.82, 2.24) is 0 Å². The lowest BCUT2D eigenvalue weighted by Gasteiger charge is -2.18. The van der Waals surface area contributed by atoms with Gasteiger partial charge >= 0.3 is 0 Å². The van der Waals surface area contributed by atoms with Crippen LogP contribution in [0.25, 0.3) is 33.0 Å². The molecule has 0 aliphatic carbocycles. The van der Waals surface area contributed by atoms with Gasteiger partial charge in [-0.15, -0.1) is 0 Å². The van der Waals surface area contributed by atoms with E-state index in [0.717, 1.165) is 24.3 Å². The molecule has 0 aromatic heterocycles. The van der Waals surface area contributed by atoms with E-state index in [9.17, 15) is 104 Å². The van der Waals surface area contributed by atoms with Crippen LogP contribution in [0.4, 0.5) is 0 Å². The summed E-state index contributed by atoms with van der Waals surface area (Å²) < 4.78 is 275. The monoisotopic (exact) mass is 920 g/mol. The normalized spacial score (nSPS) is 14.0. The van der Waals surface area contributed by atoms with E-state index in [-0.39, 0.29) is 17.5 Å². The highest BCUT2D eigenvalue weighted by Gasteiger charge is 2.42. The average molecular weight is 921 g/mol. The van der Waals surface area contributed by atoms with Gasteiger partial charge in [-0.2, -0.15) is 67.3 Å². The Morgan fingerprint density at radius 2 is 0.537 bits per heavy atom. The first-order valence-electron chi connectivity index (χ1n) is 12.6. The van der Waals surface area contributed by atoms with Crippen molar-refractivity contribution < 1.29 is 104 Å². The second-order valence-corrected chi connectivity index (χ2v) is 21.3. The predicted molar refractivity (Wildman–Crippen MR) is 173 cm³/mol. The van der Waals surface area contributed by atoms with Crippen LogP contribution in [0.3, 0.4) is 0 Å². The molecular formula is C22H16O24S8. The molecule has 4 aromatic carbocycles. The van der Waals surface area contributed by atoms with E-state index in [0.29, 0.717) is 12.1 Å². The molecule has 4 aromatic rings. The molecule has 0 aliphatic heterocycles. The molecular weight excluding hydrogens is 905 g/mol. The molecule has 0 aliphatic rings. The predicted octanol–water partition coefficient (Wildman–Crippen LogP) is 0.147.